The zero-order chi connectivity index (χ0) is 22.9. The Kier molecular flexibility index (Phi) is 8.56. The van der Waals surface area contributed by atoms with Crippen molar-refractivity contribution in [2.24, 2.45) is 0 Å². The molecule has 2 aromatic rings. The number of hydrogen-bond donors (Lipinski definition) is 2. The van der Waals surface area contributed by atoms with E-state index in [1.165, 1.54) is 0 Å². The van der Waals surface area contributed by atoms with Gasteiger partial charge in [-0.1, -0.05) is 42.8 Å². The second-order valence-corrected chi connectivity index (χ2v) is 9.39. The fraction of sp³-hybridized carbons (Fsp3) is 0.400. The average Bonchev–Trinajstić information content (AvgIpc) is 2.83. The smallest absolute Gasteiger partial charge is 0.238 e. The second-order valence-electron chi connectivity index (χ2n) is 8.04. The van der Waals surface area contributed by atoms with Crippen LogP contribution in [0.1, 0.15) is 36.8 Å². The van der Waals surface area contributed by atoms with E-state index in [1.54, 1.807) is 6.26 Å². The summed E-state index contributed by atoms with van der Waals surface area (Å²) in [5, 5.41) is 24.5. The Hall–Kier alpha value is -3.00. The van der Waals surface area contributed by atoms with E-state index in [-0.39, 0.29) is 18.4 Å². The highest BCUT2D eigenvalue weighted by Gasteiger charge is 2.22. The van der Waals surface area contributed by atoms with E-state index in [4.69, 9.17) is 5.26 Å². The highest BCUT2D eigenvalue weighted by atomic mass is 32.2. The van der Waals surface area contributed by atoms with Crippen molar-refractivity contribution in [1.29, 1.82) is 10.5 Å². The van der Waals surface area contributed by atoms with Crippen LogP contribution in [-0.4, -0.2) is 35.0 Å². The number of aryl methyl sites for hydroxylation is 1. The van der Waals surface area contributed by atoms with E-state index in [0.29, 0.717) is 17.7 Å². The molecule has 1 heterocycles. The monoisotopic (exact) mass is 448 g/mol. The van der Waals surface area contributed by atoms with Crippen LogP contribution in [-0.2, 0) is 28.4 Å². The van der Waals surface area contributed by atoms with Gasteiger partial charge in [-0.05, 0) is 60.5 Å². The molecule has 1 aliphatic rings. The molecule has 1 amide bonds. The summed E-state index contributed by atoms with van der Waals surface area (Å²) in [5.74, 6) is -0.0874. The lowest BCUT2D eigenvalue weighted by atomic mass is 9.99. The lowest BCUT2D eigenvalue weighted by Gasteiger charge is -2.23. The number of nitrogens with one attached hydrogen (secondary N) is 2. The maximum atomic E-state index is 12.4. The van der Waals surface area contributed by atoms with Crippen molar-refractivity contribution in [2.75, 3.05) is 12.8 Å². The molecule has 7 heteroatoms. The number of nitrogens with zero attached hydrogens (tertiary/aromatic N) is 2. The van der Waals surface area contributed by atoms with Gasteiger partial charge in [0.2, 0.25) is 5.91 Å². The molecular weight excluding hydrogens is 420 g/mol. The number of rotatable bonds is 8. The molecule has 0 bridgehead atoms. The van der Waals surface area contributed by atoms with E-state index in [1.807, 2.05) is 42.5 Å². The van der Waals surface area contributed by atoms with Gasteiger partial charge in [0.1, 0.15) is 6.04 Å². The van der Waals surface area contributed by atoms with Crippen LogP contribution < -0.4 is 10.6 Å². The number of hydrogen-bond acceptors (Lipinski definition) is 5. The summed E-state index contributed by atoms with van der Waals surface area (Å²) in [4.78, 5) is 13.0. The van der Waals surface area contributed by atoms with Crippen molar-refractivity contribution >= 4 is 16.7 Å². The summed E-state index contributed by atoms with van der Waals surface area (Å²) in [6.07, 6.45) is 6.03. The van der Waals surface area contributed by atoms with Crippen molar-refractivity contribution < 1.29 is 9.00 Å². The number of benzene rings is 2. The van der Waals surface area contributed by atoms with E-state index >= 15 is 0 Å². The minimum absolute atomic E-state index is 0.0874. The summed E-state index contributed by atoms with van der Waals surface area (Å²) in [6.45, 7) is 0.846. The summed E-state index contributed by atoms with van der Waals surface area (Å²) < 4.78 is 12.1. The van der Waals surface area contributed by atoms with Gasteiger partial charge in [0.15, 0.2) is 0 Å². The molecule has 0 saturated carbocycles. The predicted molar refractivity (Wildman–Crippen MR) is 125 cm³/mol. The van der Waals surface area contributed by atoms with Crippen LogP contribution >= 0.6 is 0 Å². The predicted octanol–water partition coefficient (Wildman–Crippen LogP) is 3.24. The Morgan fingerprint density at radius 2 is 1.94 bits per heavy atom. The highest BCUT2D eigenvalue weighted by Crippen LogP contribution is 2.25. The van der Waals surface area contributed by atoms with Gasteiger partial charge in [-0.2, -0.15) is 10.5 Å². The van der Waals surface area contributed by atoms with Crippen LogP contribution in [0.5, 0.6) is 0 Å². The zero-order valence-electron chi connectivity index (χ0n) is 18.3. The van der Waals surface area contributed by atoms with E-state index in [9.17, 15) is 14.3 Å². The molecule has 2 aromatic carbocycles. The Morgan fingerprint density at radius 1 is 1.19 bits per heavy atom. The molecule has 1 saturated heterocycles. The van der Waals surface area contributed by atoms with Gasteiger partial charge in [-0.25, -0.2) is 0 Å². The molecule has 0 spiro atoms. The van der Waals surface area contributed by atoms with E-state index in [2.05, 4.69) is 22.8 Å². The van der Waals surface area contributed by atoms with Crippen LogP contribution in [0.4, 0.5) is 0 Å². The number of piperidine rings is 1. The van der Waals surface area contributed by atoms with Crippen molar-refractivity contribution in [1.82, 2.24) is 10.6 Å². The molecule has 0 aliphatic carbocycles. The van der Waals surface area contributed by atoms with Crippen molar-refractivity contribution in [3.63, 3.8) is 0 Å². The first kappa shape index (κ1) is 23.7. The number of carbonyl (C=O) groups is 1. The minimum atomic E-state index is -1.17. The standard InChI is InChI=1S/C25H28N4O2S/c1-32(31)24-16-21(11-10-20(24)13-14-26)19-8-5-18(6-9-19)7-12-22(17-27)29-25(30)23-4-2-3-15-28-23/h5-6,8-11,16,22-23,28H,2-4,7,12-13,15H2,1H3,(H,29,30)/t22-,23-,32?/m0/s1. The van der Waals surface area contributed by atoms with Gasteiger partial charge in [0.25, 0.3) is 0 Å². The third-order valence-electron chi connectivity index (χ3n) is 5.75. The summed E-state index contributed by atoms with van der Waals surface area (Å²) in [6, 6.07) is 17.3. The van der Waals surface area contributed by atoms with Gasteiger partial charge in [0.05, 0.1) is 35.4 Å². The van der Waals surface area contributed by atoms with Gasteiger partial charge >= 0.3 is 0 Å². The Balaban J connectivity index is 1.61. The normalized spacial score (nSPS) is 17.5. The van der Waals surface area contributed by atoms with Crippen LogP contribution in [0.2, 0.25) is 0 Å². The molecule has 166 valence electrons. The van der Waals surface area contributed by atoms with Gasteiger partial charge in [-0.3, -0.25) is 9.00 Å². The molecule has 0 radical (unpaired) electrons. The maximum Gasteiger partial charge on any atom is 0.238 e. The molecule has 1 fully saturated rings. The van der Waals surface area contributed by atoms with E-state index < -0.39 is 16.8 Å². The maximum absolute atomic E-state index is 12.4. The van der Waals surface area contributed by atoms with Crippen LogP contribution in [0, 0.1) is 22.7 Å². The molecule has 2 N–H and O–H groups in total. The first-order valence-corrected chi connectivity index (χ1v) is 12.4. The van der Waals surface area contributed by atoms with E-state index in [0.717, 1.165) is 48.1 Å². The van der Waals surface area contributed by atoms with Gasteiger partial charge < -0.3 is 10.6 Å². The SMILES string of the molecule is CS(=O)c1cc(-c2ccc(CC[C@@H](C#N)NC(=O)[C@@H]3CCCCN3)cc2)ccc1CC#N. The lowest BCUT2D eigenvalue weighted by Crippen LogP contribution is -2.49. The molecule has 6 nitrogen and oxygen atoms in total. The number of carbonyl (C=O) groups excluding carboxylic acids is 1. The van der Waals surface area contributed by atoms with Crippen LogP contribution in [0.25, 0.3) is 11.1 Å². The van der Waals surface area contributed by atoms with Crippen LogP contribution in [0.15, 0.2) is 47.4 Å². The van der Waals surface area contributed by atoms with Crippen LogP contribution in [0.3, 0.4) is 0 Å². The molecule has 1 unspecified atom stereocenters. The lowest BCUT2D eigenvalue weighted by molar-refractivity contribution is -0.124. The highest BCUT2D eigenvalue weighted by molar-refractivity contribution is 7.84. The van der Waals surface area contributed by atoms with Crippen molar-refractivity contribution in [3.05, 3.63) is 53.6 Å². The summed E-state index contributed by atoms with van der Waals surface area (Å²) >= 11 is 0. The largest absolute Gasteiger partial charge is 0.339 e. The number of nitriles is 2. The fourth-order valence-electron chi connectivity index (χ4n) is 3.92. The molecule has 3 rings (SSSR count). The Labute approximate surface area is 192 Å². The Morgan fingerprint density at radius 3 is 2.56 bits per heavy atom. The molecule has 32 heavy (non-hydrogen) atoms. The topological polar surface area (TPSA) is 106 Å². The minimum Gasteiger partial charge on any atom is -0.339 e. The zero-order valence-corrected chi connectivity index (χ0v) is 19.1. The third-order valence-corrected chi connectivity index (χ3v) is 6.75. The van der Waals surface area contributed by atoms with Crippen molar-refractivity contribution in [3.8, 4) is 23.3 Å². The quantitative estimate of drug-likeness (QED) is 0.645. The summed E-state index contributed by atoms with van der Waals surface area (Å²) in [7, 11) is -1.17. The second kappa shape index (κ2) is 11.6. The van der Waals surface area contributed by atoms with Crippen molar-refractivity contribution in [2.45, 2.75) is 55.5 Å². The first-order chi connectivity index (χ1) is 15.5. The fourth-order valence-corrected chi connectivity index (χ4v) is 4.73. The number of amides is 1. The average molecular weight is 449 g/mol. The molecule has 1 aliphatic heterocycles. The molecular formula is C25H28N4O2S. The van der Waals surface area contributed by atoms with Gasteiger partial charge in [-0.15, -0.1) is 0 Å². The summed E-state index contributed by atoms with van der Waals surface area (Å²) in [5.41, 5.74) is 3.82. The molecule has 0 aromatic heterocycles. The Bertz CT molecular complexity index is 1050. The third kappa shape index (κ3) is 6.26. The molecule has 3 atom stereocenters. The first-order valence-electron chi connectivity index (χ1n) is 10.9. The van der Waals surface area contributed by atoms with Gasteiger partial charge in [0, 0.05) is 11.2 Å².